The van der Waals surface area contributed by atoms with Gasteiger partial charge in [0.05, 0.1) is 27.2 Å². The Kier molecular flexibility index (Phi) is 25.2. The Labute approximate surface area is 199 Å². The molecule has 0 aliphatic rings. The normalized spacial score (nSPS) is 11.4. The van der Waals surface area contributed by atoms with E-state index in [0.29, 0.717) is 6.42 Å². The standard InChI is InChI=1S/C26H53NO2.BrH/c1-4-5-6-7-8-9-10-11-12-13-14-15-18-21-24-27(2,3)25-22-19-16-17-20-23-26(28)29;/h4-25H2,1-3H3;1H. The van der Waals surface area contributed by atoms with Crippen LogP contribution in [0.2, 0.25) is 0 Å². The molecule has 0 aromatic rings. The number of carbonyl (C=O) groups is 1. The van der Waals surface area contributed by atoms with Gasteiger partial charge in [0.1, 0.15) is 0 Å². The van der Waals surface area contributed by atoms with Gasteiger partial charge in [-0.05, 0) is 32.1 Å². The number of halogens is 1. The van der Waals surface area contributed by atoms with Gasteiger partial charge in [-0.25, -0.2) is 0 Å². The van der Waals surface area contributed by atoms with Gasteiger partial charge in [0.15, 0.2) is 0 Å². The van der Waals surface area contributed by atoms with Crippen LogP contribution in [0.5, 0.6) is 0 Å². The molecule has 0 radical (unpaired) electrons. The molecule has 0 atom stereocenters. The summed E-state index contributed by atoms with van der Waals surface area (Å²) in [5, 5.41) is 8.65. The summed E-state index contributed by atoms with van der Waals surface area (Å²) in [6.45, 7) is 4.85. The molecule has 0 rings (SSSR count). The van der Waals surface area contributed by atoms with Gasteiger partial charge >= 0.3 is 5.97 Å². The molecule has 182 valence electrons. The summed E-state index contributed by atoms with van der Waals surface area (Å²) in [6, 6.07) is 0. The molecule has 0 saturated heterocycles. The van der Waals surface area contributed by atoms with E-state index in [9.17, 15) is 4.79 Å². The van der Waals surface area contributed by atoms with Gasteiger partial charge in [-0.3, -0.25) is 4.79 Å². The van der Waals surface area contributed by atoms with E-state index < -0.39 is 5.97 Å². The number of carboxylic acid groups (broad SMARTS) is 1. The van der Waals surface area contributed by atoms with Crippen molar-refractivity contribution in [1.82, 2.24) is 0 Å². The van der Waals surface area contributed by atoms with E-state index in [1.54, 1.807) is 0 Å². The highest BCUT2D eigenvalue weighted by molar-refractivity contribution is 5.66. The molecule has 0 aliphatic carbocycles. The zero-order valence-corrected chi connectivity index (χ0v) is 22.3. The molecule has 4 heteroatoms. The van der Waals surface area contributed by atoms with Crippen molar-refractivity contribution >= 4 is 5.97 Å². The topological polar surface area (TPSA) is 37.3 Å². The molecule has 1 N–H and O–H groups in total. The second-order valence-electron chi connectivity index (χ2n) is 9.89. The van der Waals surface area contributed by atoms with Crippen molar-refractivity contribution in [2.75, 3.05) is 27.2 Å². The summed E-state index contributed by atoms with van der Waals surface area (Å²) in [5.41, 5.74) is 0. The Morgan fingerprint density at radius 1 is 0.567 bits per heavy atom. The minimum atomic E-state index is -0.657. The van der Waals surface area contributed by atoms with Crippen LogP contribution in [-0.4, -0.2) is 42.7 Å². The van der Waals surface area contributed by atoms with Gasteiger partial charge in [0.2, 0.25) is 0 Å². The maximum atomic E-state index is 10.5. The van der Waals surface area contributed by atoms with Crippen LogP contribution in [0, 0.1) is 0 Å². The van der Waals surface area contributed by atoms with Crippen LogP contribution in [0.25, 0.3) is 0 Å². The average Bonchev–Trinajstić information content (AvgIpc) is 2.67. The summed E-state index contributed by atoms with van der Waals surface area (Å²) in [6.07, 6.45) is 26.0. The molecular weight excluding hydrogens is 438 g/mol. The molecule has 0 bridgehead atoms. The fourth-order valence-electron chi connectivity index (χ4n) is 4.19. The minimum Gasteiger partial charge on any atom is -1.00 e. The summed E-state index contributed by atoms with van der Waals surface area (Å²) in [5.74, 6) is -0.657. The summed E-state index contributed by atoms with van der Waals surface area (Å²) >= 11 is 0. The first-order chi connectivity index (χ1) is 14.0. The van der Waals surface area contributed by atoms with Gasteiger partial charge in [-0.15, -0.1) is 0 Å². The zero-order valence-electron chi connectivity index (χ0n) is 20.7. The molecule has 0 amide bonds. The van der Waals surface area contributed by atoms with Crippen molar-refractivity contribution in [3.63, 3.8) is 0 Å². The number of nitrogens with zero attached hydrogens (tertiary/aromatic N) is 1. The first-order valence-electron chi connectivity index (χ1n) is 13.0. The first kappa shape index (κ1) is 32.1. The van der Waals surface area contributed by atoms with Crippen molar-refractivity contribution in [3.8, 4) is 0 Å². The molecule has 0 aliphatic heterocycles. The quantitative estimate of drug-likeness (QED) is 0.162. The fourth-order valence-corrected chi connectivity index (χ4v) is 4.19. The fraction of sp³-hybridized carbons (Fsp3) is 0.962. The van der Waals surface area contributed by atoms with Crippen molar-refractivity contribution in [2.24, 2.45) is 0 Å². The maximum Gasteiger partial charge on any atom is 0.303 e. The summed E-state index contributed by atoms with van der Waals surface area (Å²) < 4.78 is 1.15. The number of unbranched alkanes of at least 4 members (excludes halogenated alkanes) is 17. The SMILES string of the molecule is CCCCCCCCCCCCCCCC[N+](C)(C)CCCCCCCC(=O)O.[Br-]. The van der Waals surface area contributed by atoms with E-state index >= 15 is 0 Å². The largest absolute Gasteiger partial charge is 1.00 e. The zero-order chi connectivity index (χ0) is 21.6. The third kappa shape index (κ3) is 25.9. The van der Waals surface area contributed by atoms with Crippen LogP contribution >= 0.6 is 0 Å². The van der Waals surface area contributed by atoms with Crippen molar-refractivity contribution in [2.45, 2.75) is 135 Å². The van der Waals surface area contributed by atoms with E-state index in [0.717, 1.165) is 17.3 Å². The number of hydrogen-bond donors (Lipinski definition) is 1. The van der Waals surface area contributed by atoms with Crippen molar-refractivity contribution < 1.29 is 31.4 Å². The highest BCUT2D eigenvalue weighted by Gasteiger charge is 2.13. The Hall–Kier alpha value is -0.0900. The van der Waals surface area contributed by atoms with Crippen LogP contribution < -0.4 is 17.0 Å². The van der Waals surface area contributed by atoms with Crippen LogP contribution in [0.4, 0.5) is 0 Å². The molecule has 0 spiro atoms. The molecule has 0 saturated carbocycles. The van der Waals surface area contributed by atoms with Crippen molar-refractivity contribution in [1.29, 1.82) is 0 Å². The predicted octanol–water partition coefficient (Wildman–Crippen LogP) is 4.97. The maximum absolute atomic E-state index is 10.5. The van der Waals surface area contributed by atoms with Crippen LogP contribution in [0.15, 0.2) is 0 Å². The van der Waals surface area contributed by atoms with Gasteiger partial charge in [0.25, 0.3) is 0 Å². The van der Waals surface area contributed by atoms with Gasteiger partial charge in [-0.2, -0.15) is 0 Å². The number of quaternary nitrogens is 1. The van der Waals surface area contributed by atoms with Gasteiger partial charge in [-0.1, -0.05) is 96.8 Å². The third-order valence-corrected chi connectivity index (χ3v) is 6.27. The molecular formula is C26H54BrNO2. The highest BCUT2D eigenvalue weighted by atomic mass is 79.9. The second kappa shape index (κ2) is 23.6. The number of carboxylic acids is 1. The smallest absolute Gasteiger partial charge is 0.303 e. The molecule has 30 heavy (non-hydrogen) atoms. The van der Waals surface area contributed by atoms with Gasteiger partial charge in [0, 0.05) is 6.42 Å². The molecule has 0 fully saturated rings. The lowest BCUT2D eigenvalue weighted by atomic mass is 10.0. The Bertz CT molecular complexity index is 361. The molecule has 3 nitrogen and oxygen atoms in total. The van der Waals surface area contributed by atoms with E-state index in [1.807, 2.05) is 0 Å². The minimum absolute atomic E-state index is 0. The highest BCUT2D eigenvalue weighted by Crippen LogP contribution is 2.14. The Morgan fingerprint density at radius 3 is 1.20 bits per heavy atom. The summed E-state index contributed by atoms with van der Waals surface area (Å²) in [7, 11) is 4.74. The molecule has 0 unspecified atom stereocenters. The Balaban J connectivity index is 0. The van der Waals surface area contributed by atoms with Crippen LogP contribution in [-0.2, 0) is 4.79 Å². The number of rotatable bonds is 23. The molecule has 0 aromatic carbocycles. The van der Waals surface area contributed by atoms with E-state index in [4.69, 9.17) is 5.11 Å². The first-order valence-corrected chi connectivity index (χ1v) is 13.0. The second-order valence-corrected chi connectivity index (χ2v) is 9.89. The third-order valence-electron chi connectivity index (χ3n) is 6.27. The Morgan fingerprint density at radius 2 is 0.867 bits per heavy atom. The monoisotopic (exact) mass is 491 g/mol. The number of hydrogen-bond acceptors (Lipinski definition) is 1. The number of aliphatic carboxylic acids is 1. The van der Waals surface area contributed by atoms with E-state index in [2.05, 4.69) is 21.0 Å². The lowest BCUT2D eigenvalue weighted by molar-refractivity contribution is -0.890. The molecule has 0 aromatic heterocycles. The lowest BCUT2D eigenvalue weighted by Crippen LogP contribution is -3.00. The van der Waals surface area contributed by atoms with E-state index in [-0.39, 0.29) is 17.0 Å². The predicted molar refractivity (Wildman–Crippen MR) is 127 cm³/mol. The molecule has 0 heterocycles. The van der Waals surface area contributed by atoms with Gasteiger partial charge < -0.3 is 26.6 Å². The summed E-state index contributed by atoms with van der Waals surface area (Å²) in [4.78, 5) is 10.5. The van der Waals surface area contributed by atoms with E-state index in [1.165, 1.54) is 122 Å². The van der Waals surface area contributed by atoms with Crippen LogP contribution in [0.1, 0.15) is 135 Å². The van der Waals surface area contributed by atoms with Crippen molar-refractivity contribution in [3.05, 3.63) is 0 Å². The van der Waals surface area contributed by atoms with Crippen LogP contribution in [0.3, 0.4) is 0 Å². The lowest BCUT2D eigenvalue weighted by Gasteiger charge is -2.30. The average molecular weight is 493 g/mol.